The van der Waals surface area contributed by atoms with Crippen molar-refractivity contribution in [1.29, 1.82) is 0 Å². The summed E-state index contributed by atoms with van der Waals surface area (Å²) >= 11 is 0. The van der Waals surface area contributed by atoms with Crippen LogP contribution in [0.4, 0.5) is 0 Å². The summed E-state index contributed by atoms with van der Waals surface area (Å²) in [5.41, 5.74) is 2.76. The number of rotatable bonds is 6. The van der Waals surface area contributed by atoms with Crippen molar-refractivity contribution in [2.45, 2.75) is 0 Å². The van der Waals surface area contributed by atoms with Crippen LogP contribution >= 0.6 is 0 Å². The van der Waals surface area contributed by atoms with E-state index in [0.29, 0.717) is 5.56 Å². The van der Waals surface area contributed by atoms with Gasteiger partial charge in [-0.25, -0.2) is 0 Å². The van der Waals surface area contributed by atoms with E-state index in [-0.39, 0.29) is 0 Å². The Bertz CT molecular complexity index is 499. The molecule has 0 aromatic heterocycles. The van der Waals surface area contributed by atoms with Crippen LogP contribution in [-0.2, 0) is 0 Å². The molecule has 0 fully saturated rings. The van der Waals surface area contributed by atoms with Gasteiger partial charge in [0.25, 0.3) is 0 Å². The highest BCUT2D eigenvalue weighted by molar-refractivity contribution is 5.75. The Balaban J connectivity index is 2.84. The Kier molecular flexibility index (Phi) is 5.91. The van der Waals surface area contributed by atoms with Gasteiger partial charge in [-0.05, 0) is 11.1 Å². The van der Waals surface area contributed by atoms with Gasteiger partial charge in [0.15, 0.2) is 0 Å². The Hall–Kier alpha value is -2.41. The molecular formula is C17H16O. The molecule has 0 unspecified atom stereocenters. The largest absolute Gasteiger partial charge is 0.298 e. The number of aldehydes is 1. The minimum atomic E-state index is 0.681. The minimum absolute atomic E-state index is 0.681. The van der Waals surface area contributed by atoms with E-state index in [9.17, 15) is 4.79 Å². The van der Waals surface area contributed by atoms with Gasteiger partial charge in [0, 0.05) is 5.56 Å². The van der Waals surface area contributed by atoms with Crippen molar-refractivity contribution in [1.82, 2.24) is 0 Å². The van der Waals surface area contributed by atoms with E-state index in [0.717, 1.165) is 17.4 Å². The van der Waals surface area contributed by atoms with Gasteiger partial charge in [0.2, 0.25) is 0 Å². The fourth-order valence-corrected chi connectivity index (χ4v) is 1.36. The normalized spacial score (nSPS) is 11.9. The molecule has 0 atom stereocenters. The standard InChI is InChI=1S/C17H16O/c1-3-5-7-15(6-4-2)8-9-16-10-12-17(14-18)13-11-16/h3-14H,1-2H2/b7-5-,9-8+,15-6+. The SMILES string of the molecule is C=C\C=C/C(/C=C/c1ccc(C=O)cc1)=C\C=C. The lowest BCUT2D eigenvalue weighted by atomic mass is 10.1. The number of carbonyl (C=O) groups is 1. The van der Waals surface area contributed by atoms with Crippen LogP contribution in [0.2, 0.25) is 0 Å². The lowest BCUT2D eigenvalue weighted by molar-refractivity contribution is 0.112. The van der Waals surface area contributed by atoms with Crippen LogP contribution in [0.25, 0.3) is 6.08 Å². The lowest BCUT2D eigenvalue weighted by Crippen LogP contribution is -1.79. The van der Waals surface area contributed by atoms with Crippen molar-refractivity contribution in [3.8, 4) is 0 Å². The zero-order chi connectivity index (χ0) is 13.2. The molecule has 0 saturated heterocycles. The van der Waals surface area contributed by atoms with Crippen LogP contribution in [-0.4, -0.2) is 6.29 Å². The smallest absolute Gasteiger partial charge is 0.150 e. The molecule has 0 aliphatic rings. The first-order valence-electron chi connectivity index (χ1n) is 5.65. The number of benzene rings is 1. The van der Waals surface area contributed by atoms with E-state index in [2.05, 4.69) is 13.2 Å². The highest BCUT2D eigenvalue weighted by Gasteiger charge is 1.90. The molecule has 0 saturated carbocycles. The fourth-order valence-electron chi connectivity index (χ4n) is 1.36. The average Bonchev–Trinajstić information content (AvgIpc) is 2.42. The van der Waals surface area contributed by atoms with E-state index < -0.39 is 0 Å². The second-order valence-electron chi connectivity index (χ2n) is 3.62. The van der Waals surface area contributed by atoms with Gasteiger partial charge in [0.05, 0.1) is 0 Å². The highest BCUT2D eigenvalue weighted by Crippen LogP contribution is 2.08. The first-order chi connectivity index (χ1) is 8.80. The van der Waals surface area contributed by atoms with Gasteiger partial charge in [-0.3, -0.25) is 4.79 Å². The summed E-state index contributed by atoms with van der Waals surface area (Å²) in [4.78, 5) is 10.5. The third kappa shape index (κ3) is 4.62. The zero-order valence-electron chi connectivity index (χ0n) is 10.3. The maximum absolute atomic E-state index is 10.5. The molecule has 0 heterocycles. The predicted octanol–water partition coefficient (Wildman–Crippen LogP) is 4.37. The topological polar surface area (TPSA) is 17.1 Å². The molecule has 1 aromatic carbocycles. The number of allylic oxidation sites excluding steroid dienone is 7. The predicted molar refractivity (Wildman–Crippen MR) is 78.5 cm³/mol. The second-order valence-corrected chi connectivity index (χ2v) is 3.62. The molecule has 0 N–H and O–H groups in total. The van der Waals surface area contributed by atoms with Gasteiger partial charge < -0.3 is 0 Å². The summed E-state index contributed by atoms with van der Waals surface area (Å²) in [5, 5.41) is 0. The Morgan fingerprint density at radius 1 is 0.944 bits per heavy atom. The molecule has 0 amide bonds. The zero-order valence-corrected chi connectivity index (χ0v) is 10.3. The molecule has 90 valence electrons. The van der Waals surface area contributed by atoms with E-state index >= 15 is 0 Å². The third-order valence-electron chi connectivity index (χ3n) is 2.28. The molecule has 1 aromatic rings. The number of carbonyl (C=O) groups excluding carboxylic acids is 1. The van der Waals surface area contributed by atoms with Crippen molar-refractivity contribution in [2.24, 2.45) is 0 Å². The Morgan fingerprint density at radius 3 is 2.17 bits per heavy atom. The van der Waals surface area contributed by atoms with Crippen LogP contribution in [0.15, 0.2) is 79.5 Å². The summed E-state index contributed by atoms with van der Waals surface area (Å²) in [6, 6.07) is 7.40. The first-order valence-corrected chi connectivity index (χ1v) is 5.65. The van der Waals surface area contributed by atoms with Crippen molar-refractivity contribution < 1.29 is 4.79 Å². The average molecular weight is 236 g/mol. The summed E-state index contributed by atoms with van der Waals surface area (Å²) in [6.45, 7) is 7.31. The van der Waals surface area contributed by atoms with Crippen molar-refractivity contribution in [3.05, 3.63) is 90.6 Å². The molecule has 0 aliphatic carbocycles. The third-order valence-corrected chi connectivity index (χ3v) is 2.28. The molecule has 1 heteroatoms. The molecule has 0 aliphatic heterocycles. The molecule has 18 heavy (non-hydrogen) atoms. The van der Waals surface area contributed by atoms with E-state index in [4.69, 9.17) is 0 Å². The van der Waals surface area contributed by atoms with Gasteiger partial charge in [-0.1, -0.05) is 80.0 Å². The van der Waals surface area contributed by atoms with Crippen LogP contribution in [0.3, 0.4) is 0 Å². The van der Waals surface area contributed by atoms with Crippen LogP contribution < -0.4 is 0 Å². The Labute approximate surface area is 108 Å². The summed E-state index contributed by atoms with van der Waals surface area (Å²) in [6.07, 6.45) is 14.0. The van der Waals surface area contributed by atoms with Gasteiger partial charge >= 0.3 is 0 Å². The van der Waals surface area contributed by atoms with Crippen molar-refractivity contribution in [3.63, 3.8) is 0 Å². The van der Waals surface area contributed by atoms with Gasteiger partial charge in [-0.15, -0.1) is 0 Å². The quantitative estimate of drug-likeness (QED) is 0.529. The first kappa shape index (κ1) is 13.7. The summed E-state index contributed by atoms with van der Waals surface area (Å²) < 4.78 is 0. The van der Waals surface area contributed by atoms with Crippen LogP contribution in [0.1, 0.15) is 15.9 Å². The molecule has 0 bridgehead atoms. The summed E-state index contributed by atoms with van der Waals surface area (Å²) in [7, 11) is 0. The van der Waals surface area contributed by atoms with Crippen LogP contribution in [0, 0.1) is 0 Å². The maximum atomic E-state index is 10.5. The van der Waals surface area contributed by atoms with Gasteiger partial charge in [0.1, 0.15) is 6.29 Å². The molecule has 1 rings (SSSR count). The van der Waals surface area contributed by atoms with Crippen LogP contribution in [0.5, 0.6) is 0 Å². The van der Waals surface area contributed by atoms with Gasteiger partial charge in [-0.2, -0.15) is 0 Å². The second kappa shape index (κ2) is 7.80. The maximum Gasteiger partial charge on any atom is 0.150 e. The Morgan fingerprint density at radius 2 is 1.61 bits per heavy atom. The van der Waals surface area contributed by atoms with E-state index in [1.807, 2.05) is 42.5 Å². The highest BCUT2D eigenvalue weighted by atomic mass is 16.1. The van der Waals surface area contributed by atoms with Crippen molar-refractivity contribution in [2.75, 3.05) is 0 Å². The molecule has 1 nitrogen and oxygen atoms in total. The van der Waals surface area contributed by atoms with E-state index in [1.54, 1.807) is 24.3 Å². The molecular weight excluding hydrogens is 220 g/mol. The van der Waals surface area contributed by atoms with E-state index in [1.165, 1.54) is 0 Å². The molecule has 0 radical (unpaired) electrons. The number of hydrogen-bond donors (Lipinski definition) is 0. The number of hydrogen-bond acceptors (Lipinski definition) is 1. The lowest BCUT2D eigenvalue weighted by Gasteiger charge is -1.95. The molecule has 0 spiro atoms. The minimum Gasteiger partial charge on any atom is -0.298 e. The fraction of sp³-hybridized carbons (Fsp3) is 0. The summed E-state index contributed by atoms with van der Waals surface area (Å²) in [5.74, 6) is 0. The monoisotopic (exact) mass is 236 g/mol. The van der Waals surface area contributed by atoms with Crippen molar-refractivity contribution >= 4 is 12.4 Å².